The van der Waals surface area contributed by atoms with Crippen molar-refractivity contribution in [2.75, 3.05) is 20.1 Å². The van der Waals surface area contributed by atoms with Crippen LogP contribution in [0.5, 0.6) is 0 Å². The van der Waals surface area contributed by atoms with E-state index in [1.807, 2.05) is 0 Å². The van der Waals surface area contributed by atoms with Crippen LogP contribution in [0.2, 0.25) is 0 Å². The van der Waals surface area contributed by atoms with Crippen LogP contribution < -0.4 is 21.3 Å². The van der Waals surface area contributed by atoms with Gasteiger partial charge < -0.3 is 10.6 Å². The van der Waals surface area contributed by atoms with Gasteiger partial charge >= 0.3 is 6.03 Å². The number of nitrogens with one attached hydrogen (secondary N) is 4. The summed E-state index contributed by atoms with van der Waals surface area (Å²) < 4.78 is 0. The molecule has 6 heteroatoms. The van der Waals surface area contributed by atoms with Gasteiger partial charge in [-0.3, -0.25) is 15.4 Å². The molecule has 2 unspecified atom stereocenters. The zero-order chi connectivity index (χ0) is 12.2. The summed E-state index contributed by atoms with van der Waals surface area (Å²) >= 11 is 0. The van der Waals surface area contributed by atoms with Crippen LogP contribution in [0.25, 0.3) is 0 Å². The van der Waals surface area contributed by atoms with Crippen LogP contribution in [0.15, 0.2) is 0 Å². The van der Waals surface area contributed by atoms with Crippen LogP contribution in [0.3, 0.4) is 0 Å². The first-order valence-corrected chi connectivity index (χ1v) is 5.48. The molecule has 0 aromatic rings. The lowest BCUT2D eigenvalue weighted by atomic mass is 10.0. The third-order valence-corrected chi connectivity index (χ3v) is 2.79. The Labute approximate surface area is 95.5 Å². The molecule has 1 heterocycles. The molecule has 1 aliphatic heterocycles. The fourth-order valence-corrected chi connectivity index (χ4v) is 1.81. The molecule has 0 spiro atoms. The van der Waals surface area contributed by atoms with E-state index in [2.05, 4.69) is 28.2 Å². The Hall–Kier alpha value is -1.14. The molecule has 3 amide bonds. The Kier molecular flexibility index (Phi) is 4.26. The van der Waals surface area contributed by atoms with Gasteiger partial charge in [-0.05, 0) is 26.8 Å². The number of carbonyl (C=O) groups excluding carboxylic acids is 2. The average Bonchev–Trinajstić information content (AvgIpc) is 2.64. The normalized spacial score (nSPS) is 26.2. The standard InChI is InChI=1S/C10H20N4O2/c1-7(8(15)13-9(16)11-3)14-10(2)4-5-12-6-10/h7,12,14H,4-6H2,1-3H3,(H2,11,13,15,16). The van der Waals surface area contributed by atoms with Gasteiger partial charge in [-0.15, -0.1) is 0 Å². The molecule has 0 bridgehead atoms. The van der Waals surface area contributed by atoms with Crippen molar-refractivity contribution in [2.45, 2.75) is 31.8 Å². The van der Waals surface area contributed by atoms with Gasteiger partial charge in [-0.2, -0.15) is 0 Å². The van der Waals surface area contributed by atoms with Crippen LogP contribution >= 0.6 is 0 Å². The predicted molar refractivity (Wildman–Crippen MR) is 61.1 cm³/mol. The molecule has 0 radical (unpaired) electrons. The monoisotopic (exact) mass is 228 g/mol. The van der Waals surface area contributed by atoms with Gasteiger partial charge in [0.25, 0.3) is 0 Å². The molecule has 4 N–H and O–H groups in total. The Bertz CT molecular complexity index is 274. The van der Waals surface area contributed by atoms with Crippen LogP contribution in [-0.4, -0.2) is 43.7 Å². The fourth-order valence-electron chi connectivity index (χ4n) is 1.81. The number of urea groups is 1. The van der Waals surface area contributed by atoms with Crippen molar-refractivity contribution < 1.29 is 9.59 Å². The number of hydrogen-bond donors (Lipinski definition) is 4. The molecular weight excluding hydrogens is 208 g/mol. The summed E-state index contributed by atoms with van der Waals surface area (Å²) in [6, 6.07) is -0.865. The van der Waals surface area contributed by atoms with Crippen LogP contribution in [0, 0.1) is 0 Å². The Balaban J connectivity index is 2.42. The second-order valence-electron chi connectivity index (χ2n) is 4.42. The number of hydrogen-bond acceptors (Lipinski definition) is 4. The van der Waals surface area contributed by atoms with E-state index < -0.39 is 6.03 Å². The van der Waals surface area contributed by atoms with Gasteiger partial charge in [0.1, 0.15) is 0 Å². The van der Waals surface area contributed by atoms with E-state index in [1.54, 1.807) is 6.92 Å². The third-order valence-electron chi connectivity index (χ3n) is 2.79. The van der Waals surface area contributed by atoms with Crippen molar-refractivity contribution in [1.29, 1.82) is 0 Å². The van der Waals surface area contributed by atoms with E-state index in [0.29, 0.717) is 0 Å². The first-order valence-electron chi connectivity index (χ1n) is 5.48. The van der Waals surface area contributed by atoms with Crippen molar-refractivity contribution >= 4 is 11.9 Å². The first kappa shape index (κ1) is 12.9. The highest BCUT2D eigenvalue weighted by Gasteiger charge is 2.31. The van der Waals surface area contributed by atoms with Crippen molar-refractivity contribution in [2.24, 2.45) is 0 Å². The van der Waals surface area contributed by atoms with Gasteiger partial charge in [0.05, 0.1) is 6.04 Å². The van der Waals surface area contributed by atoms with Gasteiger partial charge in [0.15, 0.2) is 0 Å². The molecule has 0 aromatic carbocycles. The van der Waals surface area contributed by atoms with E-state index in [0.717, 1.165) is 19.5 Å². The molecule has 16 heavy (non-hydrogen) atoms. The minimum atomic E-state index is -0.478. The summed E-state index contributed by atoms with van der Waals surface area (Å²) in [7, 11) is 1.48. The lowest BCUT2D eigenvalue weighted by Crippen LogP contribution is -2.55. The molecule has 0 aromatic heterocycles. The minimum absolute atomic E-state index is 0.0700. The van der Waals surface area contributed by atoms with Gasteiger partial charge in [0.2, 0.25) is 5.91 Å². The number of carbonyl (C=O) groups is 2. The molecule has 1 aliphatic rings. The molecular formula is C10H20N4O2. The molecule has 1 saturated heterocycles. The summed E-state index contributed by atoms with van der Waals surface area (Å²) in [6.45, 7) is 5.61. The molecule has 0 saturated carbocycles. The van der Waals surface area contributed by atoms with E-state index in [1.165, 1.54) is 7.05 Å². The van der Waals surface area contributed by atoms with Crippen LogP contribution in [0.1, 0.15) is 20.3 Å². The lowest BCUT2D eigenvalue weighted by Gasteiger charge is -2.28. The van der Waals surface area contributed by atoms with Crippen molar-refractivity contribution in [3.8, 4) is 0 Å². The highest BCUT2D eigenvalue weighted by Crippen LogP contribution is 2.13. The fraction of sp³-hybridized carbons (Fsp3) is 0.800. The summed E-state index contributed by atoms with van der Waals surface area (Å²) in [5.41, 5.74) is -0.0700. The van der Waals surface area contributed by atoms with E-state index in [4.69, 9.17) is 0 Å². The smallest absolute Gasteiger partial charge is 0.321 e. The predicted octanol–water partition coefficient (Wildman–Crippen LogP) is -0.828. The first-order chi connectivity index (χ1) is 7.47. The van der Waals surface area contributed by atoms with Gasteiger partial charge in [-0.25, -0.2) is 4.79 Å². The molecule has 1 fully saturated rings. The minimum Gasteiger partial charge on any atom is -0.341 e. The maximum atomic E-state index is 11.6. The zero-order valence-corrected chi connectivity index (χ0v) is 10.0. The maximum absolute atomic E-state index is 11.6. The Morgan fingerprint density at radius 1 is 1.44 bits per heavy atom. The molecule has 6 nitrogen and oxygen atoms in total. The van der Waals surface area contributed by atoms with Crippen molar-refractivity contribution in [3.63, 3.8) is 0 Å². The van der Waals surface area contributed by atoms with E-state index in [9.17, 15) is 9.59 Å². The Morgan fingerprint density at radius 3 is 2.62 bits per heavy atom. The Morgan fingerprint density at radius 2 is 2.12 bits per heavy atom. The summed E-state index contributed by atoms with van der Waals surface area (Å²) in [5, 5.41) is 11.1. The highest BCUT2D eigenvalue weighted by molar-refractivity contribution is 5.96. The zero-order valence-electron chi connectivity index (χ0n) is 10.0. The summed E-state index contributed by atoms with van der Waals surface area (Å²) in [6.07, 6.45) is 0.977. The molecule has 1 rings (SSSR count). The topological polar surface area (TPSA) is 82.3 Å². The average molecular weight is 228 g/mol. The molecule has 92 valence electrons. The van der Waals surface area contributed by atoms with Crippen LogP contribution in [-0.2, 0) is 4.79 Å². The second kappa shape index (κ2) is 5.27. The number of rotatable bonds is 3. The van der Waals surface area contributed by atoms with Crippen molar-refractivity contribution in [1.82, 2.24) is 21.3 Å². The highest BCUT2D eigenvalue weighted by atomic mass is 16.2. The van der Waals surface area contributed by atoms with Crippen LogP contribution in [0.4, 0.5) is 4.79 Å². The third kappa shape index (κ3) is 3.46. The SMILES string of the molecule is CNC(=O)NC(=O)C(C)NC1(C)CCNC1. The van der Waals surface area contributed by atoms with Gasteiger partial charge in [-0.1, -0.05) is 0 Å². The van der Waals surface area contributed by atoms with E-state index in [-0.39, 0.29) is 17.5 Å². The lowest BCUT2D eigenvalue weighted by molar-refractivity contribution is -0.122. The van der Waals surface area contributed by atoms with Gasteiger partial charge in [0, 0.05) is 19.1 Å². The number of imide groups is 1. The quantitative estimate of drug-likeness (QED) is 0.508. The molecule has 0 aliphatic carbocycles. The molecule has 2 atom stereocenters. The van der Waals surface area contributed by atoms with E-state index >= 15 is 0 Å². The number of amides is 3. The largest absolute Gasteiger partial charge is 0.341 e. The summed E-state index contributed by atoms with van der Waals surface area (Å²) in [4.78, 5) is 22.5. The second-order valence-corrected chi connectivity index (χ2v) is 4.42. The maximum Gasteiger partial charge on any atom is 0.321 e. The van der Waals surface area contributed by atoms with Crippen molar-refractivity contribution in [3.05, 3.63) is 0 Å². The summed E-state index contributed by atoms with van der Waals surface area (Å²) in [5.74, 6) is -0.313.